The van der Waals surface area contributed by atoms with E-state index in [9.17, 15) is 4.79 Å². The minimum absolute atomic E-state index is 0.241. The summed E-state index contributed by atoms with van der Waals surface area (Å²) in [5.41, 5.74) is 2.74. The number of rotatable bonds is 12. The van der Waals surface area contributed by atoms with Crippen LogP contribution in [0.3, 0.4) is 0 Å². The van der Waals surface area contributed by atoms with Gasteiger partial charge >= 0.3 is 0 Å². The van der Waals surface area contributed by atoms with Crippen LogP contribution in [0.4, 0.5) is 11.6 Å². The van der Waals surface area contributed by atoms with E-state index in [1.165, 1.54) is 0 Å². The molecule has 37 heavy (non-hydrogen) atoms. The first-order valence-electron chi connectivity index (χ1n) is 12.9. The van der Waals surface area contributed by atoms with Gasteiger partial charge in [-0.2, -0.15) is 4.98 Å². The number of thioether (sulfide) groups is 1. The number of aromatic nitrogens is 3. The second-order valence-electron chi connectivity index (χ2n) is 8.70. The van der Waals surface area contributed by atoms with E-state index in [1.54, 1.807) is 16.4 Å². The summed E-state index contributed by atoms with van der Waals surface area (Å²) in [5, 5.41) is 11.9. The number of carbonyl (C=O) groups excluding carboxylic acids is 1. The average Bonchev–Trinajstić information content (AvgIpc) is 3.30. The molecule has 1 aliphatic heterocycles. The van der Waals surface area contributed by atoms with Gasteiger partial charge in [-0.3, -0.25) is 4.79 Å². The number of hydrogen-bond donors (Lipinski definition) is 2. The number of amides is 1. The van der Waals surface area contributed by atoms with E-state index in [2.05, 4.69) is 24.5 Å². The summed E-state index contributed by atoms with van der Waals surface area (Å²) < 4.78 is 13.7. The molecule has 0 aliphatic carbocycles. The molecule has 8 nitrogen and oxygen atoms in total. The smallest absolute Gasteiger partial charge is 0.255 e. The number of nitrogens with zero attached hydrogens (tertiary/aromatic N) is 3. The van der Waals surface area contributed by atoms with Gasteiger partial charge in [-0.1, -0.05) is 62.4 Å². The Morgan fingerprint density at radius 2 is 1.81 bits per heavy atom. The molecular weight excluding hydrogens is 486 g/mol. The highest BCUT2D eigenvalue weighted by atomic mass is 32.2. The SMILES string of the molecule is CCCCOc1ccccc1C1C(C(=O)Nc2ccccc2OCC)=C(C)Nc2nc(SCCC)nn21. The normalized spacial score (nSPS) is 14.6. The molecule has 4 rings (SSSR count). The van der Waals surface area contributed by atoms with Crippen molar-refractivity contribution in [3.05, 3.63) is 65.4 Å². The maximum Gasteiger partial charge on any atom is 0.255 e. The molecule has 0 fully saturated rings. The number of benzene rings is 2. The van der Waals surface area contributed by atoms with Gasteiger partial charge in [0.15, 0.2) is 0 Å². The van der Waals surface area contributed by atoms with Crippen LogP contribution in [0.1, 0.15) is 58.6 Å². The summed E-state index contributed by atoms with van der Waals surface area (Å²) in [6.45, 7) is 9.18. The van der Waals surface area contributed by atoms with Crippen molar-refractivity contribution in [2.45, 2.75) is 58.2 Å². The lowest BCUT2D eigenvalue weighted by Gasteiger charge is -2.29. The van der Waals surface area contributed by atoms with Gasteiger partial charge in [-0.15, -0.1) is 5.10 Å². The van der Waals surface area contributed by atoms with Crippen LogP contribution in [0.2, 0.25) is 0 Å². The fourth-order valence-corrected chi connectivity index (χ4v) is 4.86. The molecule has 2 aromatic carbocycles. The standard InChI is InChI=1S/C28H35N5O3S/c1-5-8-17-36-22-15-11-9-13-20(22)25-24(26(34)30-21-14-10-12-16-23(21)35-7-3)19(4)29-27-31-28(32-33(25)27)37-18-6-2/h9-16,25H,5-8,17-18H2,1-4H3,(H,30,34)(H,29,31,32). The van der Waals surface area contributed by atoms with Crippen molar-refractivity contribution in [2.24, 2.45) is 0 Å². The molecule has 196 valence electrons. The number of hydrogen-bond acceptors (Lipinski definition) is 7. The highest BCUT2D eigenvalue weighted by Gasteiger charge is 2.36. The minimum atomic E-state index is -0.517. The van der Waals surface area contributed by atoms with Crippen molar-refractivity contribution < 1.29 is 14.3 Å². The van der Waals surface area contributed by atoms with Crippen LogP contribution in [0.25, 0.3) is 0 Å². The summed E-state index contributed by atoms with van der Waals surface area (Å²) >= 11 is 1.60. The lowest BCUT2D eigenvalue weighted by Crippen LogP contribution is -2.32. The summed E-state index contributed by atoms with van der Waals surface area (Å²) in [5.74, 6) is 2.64. The fraction of sp³-hybridized carbons (Fsp3) is 0.393. The maximum atomic E-state index is 13.9. The van der Waals surface area contributed by atoms with Crippen molar-refractivity contribution in [3.8, 4) is 11.5 Å². The van der Waals surface area contributed by atoms with Crippen molar-refractivity contribution in [1.29, 1.82) is 0 Å². The van der Waals surface area contributed by atoms with Gasteiger partial charge in [0.05, 0.1) is 24.5 Å². The first-order chi connectivity index (χ1) is 18.1. The van der Waals surface area contributed by atoms with Crippen LogP contribution in [-0.2, 0) is 4.79 Å². The van der Waals surface area contributed by atoms with Crippen LogP contribution in [0.15, 0.2) is 65.0 Å². The van der Waals surface area contributed by atoms with Crippen LogP contribution in [-0.4, -0.2) is 39.6 Å². The molecule has 2 N–H and O–H groups in total. The van der Waals surface area contributed by atoms with E-state index in [1.807, 2.05) is 62.4 Å². The summed E-state index contributed by atoms with van der Waals surface area (Å²) in [6.07, 6.45) is 3.00. The Morgan fingerprint density at radius 1 is 1.05 bits per heavy atom. The molecule has 1 amide bonds. The molecule has 0 spiro atoms. The third-order valence-electron chi connectivity index (χ3n) is 5.92. The lowest BCUT2D eigenvalue weighted by atomic mass is 9.94. The number of ether oxygens (including phenoxy) is 2. The zero-order valence-corrected chi connectivity index (χ0v) is 22.7. The van der Waals surface area contributed by atoms with E-state index in [0.29, 0.717) is 47.0 Å². The second-order valence-corrected chi connectivity index (χ2v) is 9.76. The van der Waals surface area contributed by atoms with Gasteiger partial charge in [-0.25, -0.2) is 4.68 Å². The Morgan fingerprint density at radius 3 is 2.57 bits per heavy atom. The van der Waals surface area contributed by atoms with Gasteiger partial charge < -0.3 is 20.1 Å². The highest BCUT2D eigenvalue weighted by molar-refractivity contribution is 7.99. The van der Waals surface area contributed by atoms with E-state index in [0.717, 1.165) is 36.3 Å². The molecule has 3 aromatic rings. The zero-order chi connectivity index (χ0) is 26.2. The maximum absolute atomic E-state index is 13.9. The Hall–Kier alpha value is -3.46. The van der Waals surface area contributed by atoms with Gasteiger partial charge in [0.2, 0.25) is 11.1 Å². The summed E-state index contributed by atoms with van der Waals surface area (Å²) in [4.78, 5) is 18.6. The van der Waals surface area contributed by atoms with Crippen LogP contribution in [0, 0.1) is 0 Å². The molecule has 1 aromatic heterocycles. The van der Waals surface area contributed by atoms with Gasteiger partial charge in [0, 0.05) is 17.0 Å². The number of unbranched alkanes of at least 4 members (excludes halogenated alkanes) is 1. The third-order valence-corrected chi connectivity index (χ3v) is 6.96. The van der Waals surface area contributed by atoms with Crippen molar-refractivity contribution in [3.63, 3.8) is 0 Å². The van der Waals surface area contributed by atoms with E-state index < -0.39 is 6.04 Å². The molecule has 2 heterocycles. The largest absolute Gasteiger partial charge is 0.493 e. The fourth-order valence-electron chi connectivity index (χ4n) is 4.17. The predicted octanol–water partition coefficient (Wildman–Crippen LogP) is 6.29. The molecule has 1 aliphatic rings. The quantitative estimate of drug-likeness (QED) is 0.214. The summed E-state index contributed by atoms with van der Waals surface area (Å²) in [6, 6.07) is 14.8. The van der Waals surface area contributed by atoms with Crippen LogP contribution in [0.5, 0.6) is 11.5 Å². The van der Waals surface area contributed by atoms with E-state index >= 15 is 0 Å². The monoisotopic (exact) mass is 521 g/mol. The van der Waals surface area contributed by atoms with Gasteiger partial charge in [0.1, 0.15) is 17.5 Å². The van der Waals surface area contributed by atoms with E-state index in [-0.39, 0.29) is 5.91 Å². The number of allylic oxidation sites excluding steroid dienone is 1. The van der Waals surface area contributed by atoms with Crippen molar-refractivity contribution in [1.82, 2.24) is 14.8 Å². The first kappa shape index (κ1) is 26.6. The molecule has 0 saturated carbocycles. The summed E-state index contributed by atoms with van der Waals surface area (Å²) in [7, 11) is 0. The molecule has 0 saturated heterocycles. The third kappa shape index (κ3) is 6.10. The topological polar surface area (TPSA) is 90.3 Å². The number of nitrogens with one attached hydrogen (secondary N) is 2. The first-order valence-corrected chi connectivity index (χ1v) is 13.9. The Balaban J connectivity index is 1.77. The van der Waals surface area contributed by atoms with Crippen LogP contribution >= 0.6 is 11.8 Å². The Bertz CT molecular complexity index is 1260. The minimum Gasteiger partial charge on any atom is -0.493 e. The Kier molecular flexibility index (Phi) is 9.11. The van der Waals surface area contributed by atoms with Crippen molar-refractivity contribution in [2.75, 3.05) is 29.6 Å². The number of anilines is 2. The predicted molar refractivity (Wildman–Crippen MR) is 149 cm³/mol. The molecule has 9 heteroatoms. The Labute approximate surface area is 222 Å². The number of para-hydroxylation sites is 3. The molecule has 1 unspecified atom stereocenters. The number of fused-ring (bicyclic) bond motifs is 1. The second kappa shape index (κ2) is 12.7. The molecule has 0 bridgehead atoms. The molecule has 1 atom stereocenters. The average molecular weight is 522 g/mol. The van der Waals surface area contributed by atoms with E-state index in [4.69, 9.17) is 19.6 Å². The zero-order valence-electron chi connectivity index (χ0n) is 21.9. The van der Waals surface area contributed by atoms with Gasteiger partial charge in [0.25, 0.3) is 5.91 Å². The highest BCUT2D eigenvalue weighted by Crippen LogP contribution is 2.40. The van der Waals surface area contributed by atoms with Crippen molar-refractivity contribution >= 4 is 29.3 Å². The number of carbonyl (C=O) groups is 1. The molecular formula is C28H35N5O3S. The van der Waals surface area contributed by atoms with Gasteiger partial charge in [-0.05, 0) is 44.9 Å². The lowest BCUT2D eigenvalue weighted by molar-refractivity contribution is -0.113. The van der Waals surface area contributed by atoms with Crippen LogP contribution < -0.4 is 20.1 Å². The molecule has 0 radical (unpaired) electrons.